The summed E-state index contributed by atoms with van der Waals surface area (Å²) in [6.45, 7) is 1.84. The Balaban J connectivity index is 2.55. The van der Waals surface area contributed by atoms with E-state index in [2.05, 4.69) is 11.8 Å². The molecule has 1 saturated heterocycles. The van der Waals surface area contributed by atoms with Crippen LogP contribution in [-0.4, -0.2) is 37.1 Å². The highest BCUT2D eigenvalue weighted by Crippen LogP contribution is 2.21. The van der Waals surface area contributed by atoms with E-state index < -0.39 is 0 Å². The van der Waals surface area contributed by atoms with Gasteiger partial charge in [-0.1, -0.05) is 5.92 Å². The van der Waals surface area contributed by atoms with Crippen molar-refractivity contribution in [1.82, 2.24) is 0 Å². The molecule has 3 atom stereocenters. The van der Waals surface area contributed by atoms with Crippen molar-refractivity contribution in [3.8, 4) is 11.8 Å². The second-order valence-electron chi connectivity index (χ2n) is 3.11. The number of methoxy groups -OCH3 is 1. The van der Waals surface area contributed by atoms with Gasteiger partial charge in [0, 0.05) is 7.11 Å². The molecule has 13 heavy (non-hydrogen) atoms. The van der Waals surface area contributed by atoms with Gasteiger partial charge in [-0.3, -0.25) is 0 Å². The molecule has 0 spiro atoms. The highest BCUT2D eigenvalue weighted by molar-refractivity contribution is 5.07. The Morgan fingerprint density at radius 3 is 2.85 bits per heavy atom. The Morgan fingerprint density at radius 1 is 1.54 bits per heavy atom. The van der Waals surface area contributed by atoms with Gasteiger partial charge >= 0.3 is 0 Å². The van der Waals surface area contributed by atoms with E-state index in [9.17, 15) is 0 Å². The van der Waals surface area contributed by atoms with Gasteiger partial charge in [0.05, 0.1) is 18.8 Å². The molecule has 1 aliphatic heterocycles. The van der Waals surface area contributed by atoms with E-state index >= 15 is 0 Å². The molecule has 0 aromatic carbocycles. The van der Waals surface area contributed by atoms with Gasteiger partial charge < -0.3 is 14.6 Å². The lowest BCUT2D eigenvalue weighted by atomic mass is 10.0. The molecule has 0 amide bonds. The first-order valence-electron chi connectivity index (χ1n) is 4.53. The van der Waals surface area contributed by atoms with E-state index in [1.165, 1.54) is 0 Å². The fourth-order valence-corrected chi connectivity index (χ4v) is 1.51. The average Bonchev–Trinajstić information content (AvgIpc) is 2.18. The average molecular weight is 184 g/mol. The monoisotopic (exact) mass is 184 g/mol. The summed E-state index contributed by atoms with van der Waals surface area (Å²) in [4.78, 5) is 0. The van der Waals surface area contributed by atoms with Crippen LogP contribution in [0.25, 0.3) is 0 Å². The molecule has 0 aliphatic carbocycles. The van der Waals surface area contributed by atoms with Crippen molar-refractivity contribution >= 4 is 0 Å². The van der Waals surface area contributed by atoms with Crippen LogP contribution in [0.4, 0.5) is 0 Å². The van der Waals surface area contributed by atoms with Crippen LogP contribution in [0.2, 0.25) is 0 Å². The Hall–Kier alpha value is -0.560. The second kappa shape index (κ2) is 5.23. The summed E-state index contributed by atoms with van der Waals surface area (Å²) < 4.78 is 10.8. The van der Waals surface area contributed by atoms with Crippen LogP contribution < -0.4 is 0 Å². The van der Waals surface area contributed by atoms with Crippen LogP contribution >= 0.6 is 0 Å². The number of hydrogen-bond donors (Lipinski definition) is 1. The van der Waals surface area contributed by atoms with Gasteiger partial charge in [0.15, 0.2) is 0 Å². The van der Waals surface area contributed by atoms with Crippen LogP contribution in [0, 0.1) is 11.8 Å². The highest BCUT2D eigenvalue weighted by atomic mass is 16.5. The van der Waals surface area contributed by atoms with Crippen molar-refractivity contribution in [2.24, 2.45) is 0 Å². The van der Waals surface area contributed by atoms with E-state index in [1.54, 1.807) is 14.0 Å². The molecule has 1 rings (SSSR count). The number of rotatable bonds is 2. The lowest BCUT2D eigenvalue weighted by molar-refractivity contribution is -0.116. The van der Waals surface area contributed by atoms with Gasteiger partial charge in [0.25, 0.3) is 0 Å². The molecule has 0 aromatic heterocycles. The molecular weight excluding hydrogens is 168 g/mol. The minimum atomic E-state index is -0.180. The molecule has 0 bridgehead atoms. The molecule has 1 N–H and O–H groups in total. The van der Waals surface area contributed by atoms with E-state index in [0.717, 1.165) is 12.8 Å². The molecule has 0 aromatic rings. The van der Waals surface area contributed by atoms with Gasteiger partial charge in [-0.25, -0.2) is 0 Å². The molecule has 1 fully saturated rings. The minimum Gasteiger partial charge on any atom is -0.394 e. The van der Waals surface area contributed by atoms with Gasteiger partial charge in [-0.15, -0.1) is 5.92 Å². The third kappa shape index (κ3) is 2.70. The predicted octanol–water partition coefficient (Wildman–Crippen LogP) is 0.565. The Kier molecular flexibility index (Phi) is 4.23. The van der Waals surface area contributed by atoms with Crippen molar-refractivity contribution in [3.63, 3.8) is 0 Å². The summed E-state index contributed by atoms with van der Waals surface area (Å²) in [5, 5.41) is 8.92. The van der Waals surface area contributed by atoms with Crippen molar-refractivity contribution in [2.45, 2.75) is 38.1 Å². The first-order chi connectivity index (χ1) is 6.31. The summed E-state index contributed by atoms with van der Waals surface area (Å²) in [6.07, 6.45) is 1.55. The fourth-order valence-electron chi connectivity index (χ4n) is 1.51. The first kappa shape index (κ1) is 10.5. The smallest absolute Gasteiger partial charge is 0.144 e. The van der Waals surface area contributed by atoms with E-state index in [4.69, 9.17) is 14.6 Å². The topological polar surface area (TPSA) is 38.7 Å². The van der Waals surface area contributed by atoms with Gasteiger partial charge in [0.2, 0.25) is 0 Å². The van der Waals surface area contributed by atoms with Crippen molar-refractivity contribution < 1.29 is 14.6 Å². The van der Waals surface area contributed by atoms with Gasteiger partial charge in [0.1, 0.15) is 6.10 Å². The highest BCUT2D eigenvalue weighted by Gasteiger charge is 2.29. The molecule has 1 heterocycles. The zero-order valence-electron chi connectivity index (χ0n) is 8.12. The molecule has 0 radical (unpaired) electrons. The van der Waals surface area contributed by atoms with Crippen molar-refractivity contribution in [3.05, 3.63) is 0 Å². The number of ether oxygens (including phenoxy) is 2. The molecule has 74 valence electrons. The van der Waals surface area contributed by atoms with E-state index in [-0.39, 0.29) is 24.9 Å². The molecular formula is C10H16O3. The third-order valence-electron chi connectivity index (χ3n) is 2.24. The standard InChI is InChI=1S/C10H16O3/c1-3-4-10-9(12-2)6-5-8(7-11)13-10/h8-11H,5-7H2,1-2H3. The molecule has 3 unspecified atom stereocenters. The van der Waals surface area contributed by atoms with Crippen LogP contribution in [0.5, 0.6) is 0 Å². The minimum absolute atomic E-state index is 0.0512. The molecule has 0 saturated carbocycles. The maximum Gasteiger partial charge on any atom is 0.144 e. The van der Waals surface area contributed by atoms with Gasteiger partial charge in [-0.05, 0) is 19.8 Å². The summed E-state index contributed by atoms with van der Waals surface area (Å²) in [6, 6.07) is 0. The molecule has 3 nitrogen and oxygen atoms in total. The van der Waals surface area contributed by atoms with E-state index in [0.29, 0.717) is 0 Å². The van der Waals surface area contributed by atoms with Crippen molar-refractivity contribution in [2.75, 3.05) is 13.7 Å². The largest absolute Gasteiger partial charge is 0.394 e. The maximum atomic E-state index is 8.92. The van der Waals surface area contributed by atoms with Crippen LogP contribution in [0.1, 0.15) is 19.8 Å². The number of aliphatic hydroxyl groups excluding tert-OH is 1. The quantitative estimate of drug-likeness (QED) is 0.637. The first-order valence-corrected chi connectivity index (χ1v) is 4.53. The normalized spacial score (nSPS) is 33.6. The maximum absolute atomic E-state index is 8.92. The van der Waals surface area contributed by atoms with Crippen LogP contribution in [0.15, 0.2) is 0 Å². The summed E-state index contributed by atoms with van der Waals surface area (Å²) >= 11 is 0. The molecule has 1 aliphatic rings. The Morgan fingerprint density at radius 2 is 2.31 bits per heavy atom. The summed E-state index contributed by atoms with van der Waals surface area (Å²) in [5.41, 5.74) is 0. The third-order valence-corrected chi connectivity index (χ3v) is 2.24. The zero-order chi connectivity index (χ0) is 9.68. The van der Waals surface area contributed by atoms with Gasteiger partial charge in [-0.2, -0.15) is 0 Å². The van der Waals surface area contributed by atoms with Crippen molar-refractivity contribution in [1.29, 1.82) is 0 Å². The Labute approximate surface area is 79.0 Å². The van der Waals surface area contributed by atoms with Crippen LogP contribution in [0.3, 0.4) is 0 Å². The lowest BCUT2D eigenvalue weighted by Gasteiger charge is -2.32. The predicted molar refractivity (Wildman–Crippen MR) is 49.2 cm³/mol. The fraction of sp³-hybridized carbons (Fsp3) is 0.800. The molecule has 3 heteroatoms. The SMILES string of the molecule is CC#CC1OC(CO)CCC1OC. The zero-order valence-corrected chi connectivity index (χ0v) is 8.12. The Bertz CT molecular complexity index is 204. The van der Waals surface area contributed by atoms with Crippen LogP contribution in [-0.2, 0) is 9.47 Å². The number of hydrogen-bond acceptors (Lipinski definition) is 3. The van der Waals surface area contributed by atoms with E-state index in [1.807, 2.05) is 0 Å². The number of aliphatic hydroxyl groups is 1. The summed E-state index contributed by atoms with van der Waals surface area (Å²) in [5.74, 6) is 5.75. The lowest BCUT2D eigenvalue weighted by Crippen LogP contribution is -2.40. The second-order valence-corrected chi connectivity index (χ2v) is 3.11. The summed E-state index contributed by atoms with van der Waals surface area (Å²) in [7, 11) is 1.66.